The van der Waals surface area contributed by atoms with E-state index >= 15 is 0 Å². The van der Waals surface area contributed by atoms with E-state index in [1.807, 2.05) is 5.43 Å². The molecule has 0 aliphatic carbocycles. The highest BCUT2D eigenvalue weighted by Crippen LogP contribution is 2.15. The Morgan fingerprint density at radius 2 is 1.79 bits per heavy atom. The zero-order valence-electron chi connectivity index (χ0n) is 11.9. The molecule has 0 unspecified atom stereocenters. The van der Waals surface area contributed by atoms with Crippen LogP contribution >= 0.6 is 0 Å². The Morgan fingerprint density at radius 1 is 1.12 bits per heavy atom. The van der Waals surface area contributed by atoms with Gasteiger partial charge < -0.3 is 5.32 Å². The minimum absolute atomic E-state index is 0.127. The van der Waals surface area contributed by atoms with Crippen LogP contribution in [0.15, 0.2) is 53.4 Å². The summed E-state index contributed by atoms with van der Waals surface area (Å²) in [6.07, 6.45) is 0. The maximum Gasteiger partial charge on any atom is 0.334 e. The summed E-state index contributed by atoms with van der Waals surface area (Å²) in [4.78, 5) is 23.0. The number of rotatable bonds is 5. The number of nitro benzene ring substituents is 1. The normalized spacial score (nSPS) is 10.9. The molecule has 0 aliphatic heterocycles. The number of halogens is 1. The minimum atomic E-state index is -4.12. The smallest absolute Gasteiger partial charge is 0.307 e. The van der Waals surface area contributed by atoms with Crippen molar-refractivity contribution < 1.29 is 22.5 Å². The lowest BCUT2D eigenvalue weighted by Crippen LogP contribution is -2.43. The zero-order valence-corrected chi connectivity index (χ0v) is 12.7. The highest BCUT2D eigenvalue weighted by molar-refractivity contribution is 7.89. The Kier molecular flexibility index (Phi) is 5.06. The minimum Gasteiger partial charge on any atom is -0.307 e. The van der Waals surface area contributed by atoms with Crippen LogP contribution in [-0.4, -0.2) is 19.4 Å². The Labute approximate surface area is 135 Å². The summed E-state index contributed by atoms with van der Waals surface area (Å²) in [6.45, 7) is 0. The van der Waals surface area contributed by atoms with Crippen LogP contribution in [0.3, 0.4) is 0 Å². The first-order chi connectivity index (χ1) is 11.3. The number of nitrogens with zero attached hydrogens (tertiary/aromatic N) is 1. The van der Waals surface area contributed by atoms with E-state index in [1.54, 1.807) is 4.83 Å². The van der Waals surface area contributed by atoms with Crippen molar-refractivity contribution in [3.05, 3.63) is 64.5 Å². The number of nitrogens with one attached hydrogen (secondary N) is 3. The number of amides is 2. The van der Waals surface area contributed by atoms with Gasteiger partial charge in [-0.2, -0.15) is 0 Å². The number of anilines is 1. The van der Waals surface area contributed by atoms with E-state index in [9.17, 15) is 27.7 Å². The maximum atomic E-state index is 13.0. The number of nitro groups is 1. The second-order valence-corrected chi connectivity index (χ2v) is 6.13. The molecule has 0 aliphatic rings. The molecule has 0 heterocycles. The number of benzene rings is 2. The van der Waals surface area contributed by atoms with Crippen LogP contribution in [0.25, 0.3) is 0 Å². The molecule has 0 spiro atoms. The summed E-state index contributed by atoms with van der Waals surface area (Å²) in [5, 5.41) is 12.7. The third-order valence-electron chi connectivity index (χ3n) is 2.74. The third-order valence-corrected chi connectivity index (χ3v) is 4.00. The van der Waals surface area contributed by atoms with Crippen LogP contribution in [0.1, 0.15) is 0 Å². The van der Waals surface area contributed by atoms with Gasteiger partial charge >= 0.3 is 6.03 Å². The number of urea groups is 1. The molecular weight excluding hydrogens is 343 g/mol. The van der Waals surface area contributed by atoms with Crippen LogP contribution in [-0.2, 0) is 10.0 Å². The predicted molar refractivity (Wildman–Crippen MR) is 82.0 cm³/mol. The molecule has 11 heteroatoms. The van der Waals surface area contributed by atoms with Crippen molar-refractivity contribution in [1.29, 1.82) is 0 Å². The number of hydrazine groups is 1. The molecule has 0 saturated heterocycles. The third kappa shape index (κ3) is 4.47. The first-order valence-corrected chi connectivity index (χ1v) is 7.85. The molecule has 2 aromatic carbocycles. The lowest BCUT2D eigenvalue weighted by Gasteiger charge is -2.09. The fourth-order valence-corrected chi connectivity index (χ4v) is 2.49. The van der Waals surface area contributed by atoms with Crippen LogP contribution in [0.5, 0.6) is 0 Å². The highest BCUT2D eigenvalue weighted by atomic mass is 32.2. The average molecular weight is 354 g/mol. The maximum absolute atomic E-state index is 13.0. The average Bonchev–Trinajstić information content (AvgIpc) is 2.53. The molecule has 24 heavy (non-hydrogen) atoms. The van der Waals surface area contributed by atoms with E-state index in [4.69, 9.17) is 0 Å². The molecule has 0 aromatic heterocycles. The highest BCUT2D eigenvalue weighted by Gasteiger charge is 2.16. The van der Waals surface area contributed by atoms with E-state index in [1.165, 1.54) is 18.2 Å². The lowest BCUT2D eigenvalue weighted by atomic mass is 10.3. The summed E-state index contributed by atoms with van der Waals surface area (Å²) in [5.41, 5.74) is 1.74. The molecular formula is C13H11FN4O5S. The molecule has 0 bridgehead atoms. The summed E-state index contributed by atoms with van der Waals surface area (Å²) in [5.74, 6) is -0.570. The SMILES string of the molecule is O=C(NNS(=O)(=O)c1ccc([N+](=O)[O-])cc1)Nc1cccc(F)c1. The Bertz CT molecular complexity index is 870. The number of hydrogen-bond donors (Lipinski definition) is 3. The molecule has 0 atom stereocenters. The van der Waals surface area contributed by atoms with Gasteiger partial charge in [0.2, 0.25) is 0 Å². The van der Waals surface area contributed by atoms with Crippen LogP contribution in [0.2, 0.25) is 0 Å². The number of sulfonamides is 1. The molecule has 126 valence electrons. The van der Waals surface area contributed by atoms with Gasteiger partial charge in [-0.05, 0) is 30.3 Å². The molecule has 0 saturated carbocycles. The fourth-order valence-electron chi connectivity index (χ4n) is 1.65. The standard InChI is InChI=1S/C13H11FN4O5S/c14-9-2-1-3-10(8-9)15-13(19)16-17-24(22,23)12-6-4-11(5-7-12)18(20)21/h1-8,17H,(H2,15,16,19). The van der Waals surface area contributed by atoms with E-state index in [0.29, 0.717) is 0 Å². The van der Waals surface area contributed by atoms with Gasteiger partial charge in [0.05, 0.1) is 9.82 Å². The summed E-state index contributed by atoms with van der Waals surface area (Å²) in [6, 6.07) is 8.14. The Morgan fingerprint density at radius 3 is 2.38 bits per heavy atom. The second kappa shape index (κ2) is 7.02. The van der Waals surface area contributed by atoms with E-state index < -0.39 is 26.8 Å². The monoisotopic (exact) mass is 354 g/mol. The number of non-ortho nitro benzene ring substituents is 1. The molecule has 0 radical (unpaired) electrons. The topological polar surface area (TPSA) is 130 Å². The van der Waals surface area contributed by atoms with Crippen molar-refractivity contribution in [3.8, 4) is 0 Å². The van der Waals surface area contributed by atoms with Gasteiger partial charge in [0.25, 0.3) is 15.7 Å². The van der Waals surface area contributed by atoms with Gasteiger partial charge in [-0.3, -0.25) is 15.5 Å². The quantitative estimate of drug-likeness (QED) is 0.556. The molecule has 9 nitrogen and oxygen atoms in total. The van der Waals surface area contributed by atoms with Gasteiger partial charge in [-0.1, -0.05) is 6.07 Å². The molecule has 2 aromatic rings. The zero-order chi connectivity index (χ0) is 17.7. The van der Waals surface area contributed by atoms with Crippen LogP contribution < -0.4 is 15.6 Å². The van der Waals surface area contributed by atoms with Gasteiger partial charge in [0.1, 0.15) is 5.82 Å². The first kappa shape index (κ1) is 17.3. The van der Waals surface area contributed by atoms with Crippen LogP contribution in [0, 0.1) is 15.9 Å². The molecule has 0 fully saturated rings. The fraction of sp³-hybridized carbons (Fsp3) is 0. The number of carbonyl (C=O) groups excluding carboxylic acids is 1. The predicted octanol–water partition coefficient (Wildman–Crippen LogP) is 1.75. The largest absolute Gasteiger partial charge is 0.334 e. The second-order valence-electron chi connectivity index (χ2n) is 4.45. The van der Waals surface area contributed by atoms with E-state index in [0.717, 1.165) is 30.3 Å². The van der Waals surface area contributed by atoms with Gasteiger partial charge in [-0.25, -0.2) is 17.6 Å². The van der Waals surface area contributed by atoms with Crippen molar-refractivity contribution >= 4 is 27.4 Å². The van der Waals surface area contributed by atoms with E-state index in [-0.39, 0.29) is 16.3 Å². The lowest BCUT2D eigenvalue weighted by molar-refractivity contribution is -0.384. The van der Waals surface area contributed by atoms with Crippen molar-refractivity contribution in [1.82, 2.24) is 10.3 Å². The Hall–Kier alpha value is -3.05. The molecule has 3 N–H and O–H groups in total. The molecule has 2 amide bonds. The summed E-state index contributed by atoms with van der Waals surface area (Å²) in [7, 11) is -4.12. The first-order valence-electron chi connectivity index (χ1n) is 6.37. The van der Waals surface area contributed by atoms with Crippen molar-refractivity contribution in [3.63, 3.8) is 0 Å². The summed E-state index contributed by atoms with van der Waals surface area (Å²) >= 11 is 0. The van der Waals surface area contributed by atoms with Crippen molar-refractivity contribution in [2.45, 2.75) is 4.90 Å². The van der Waals surface area contributed by atoms with Crippen LogP contribution in [0.4, 0.5) is 20.6 Å². The van der Waals surface area contributed by atoms with E-state index in [2.05, 4.69) is 5.32 Å². The van der Waals surface area contributed by atoms with Gasteiger partial charge in [0.15, 0.2) is 0 Å². The molecule has 2 rings (SSSR count). The van der Waals surface area contributed by atoms with Gasteiger partial charge in [-0.15, -0.1) is 4.83 Å². The van der Waals surface area contributed by atoms with Gasteiger partial charge in [0, 0.05) is 17.8 Å². The number of hydrogen-bond acceptors (Lipinski definition) is 5. The number of carbonyl (C=O) groups is 1. The summed E-state index contributed by atoms with van der Waals surface area (Å²) < 4.78 is 36.9. The Balaban J connectivity index is 1.99. The van der Waals surface area contributed by atoms with Crippen molar-refractivity contribution in [2.24, 2.45) is 0 Å². The van der Waals surface area contributed by atoms with Crippen molar-refractivity contribution in [2.75, 3.05) is 5.32 Å².